The Hall–Kier alpha value is -0.570. The number of carboxylic acids is 1. The van der Waals surface area contributed by atoms with Crippen LogP contribution in [0.2, 0.25) is 0 Å². The van der Waals surface area contributed by atoms with Crippen molar-refractivity contribution in [1.29, 1.82) is 0 Å². The molecule has 0 aromatic heterocycles. The maximum absolute atomic E-state index is 10.5. The van der Waals surface area contributed by atoms with Gasteiger partial charge >= 0.3 is 5.97 Å². The third-order valence-corrected chi connectivity index (χ3v) is 4.12. The molecule has 21 heavy (non-hydrogen) atoms. The van der Waals surface area contributed by atoms with Gasteiger partial charge in [-0.05, 0) is 6.42 Å². The molecular weight excluding hydrogens is 262 g/mol. The second-order valence-electron chi connectivity index (χ2n) is 6.39. The molecule has 3 heteroatoms. The Morgan fingerprint density at radius 1 is 0.810 bits per heavy atom. The lowest BCUT2D eigenvalue weighted by Crippen LogP contribution is -2.23. The number of rotatable bonds is 16. The van der Waals surface area contributed by atoms with Crippen LogP contribution in [-0.4, -0.2) is 17.1 Å². The van der Waals surface area contributed by atoms with E-state index in [-0.39, 0.29) is 12.5 Å². The number of carboxylic acid groups (broad SMARTS) is 1. The lowest BCUT2D eigenvalue weighted by molar-refractivity contribution is -0.137. The zero-order valence-electron chi connectivity index (χ0n) is 14.1. The molecule has 0 aromatic rings. The van der Waals surface area contributed by atoms with Crippen molar-refractivity contribution in [2.24, 2.45) is 5.73 Å². The molecular formula is C18H37NO2. The molecule has 1 atom stereocenters. The first-order valence-electron chi connectivity index (χ1n) is 9.14. The fourth-order valence-corrected chi connectivity index (χ4v) is 2.75. The molecule has 0 aliphatic heterocycles. The van der Waals surface area contributed by atoms with E-state index in [0.717, 1.165) is 12.8 Å². The quantitative estimate of drug-likeness (QED) is 0.382. The van der Waals surface area contributed by atoms with Crippen molar-refractivity contribution >= 4 is 5.97 Å². The summed E-state index contributed by atoms with van der Waals surface area (Å²) in [5, 5.41) is 8.61. The van der Waals surface area contributed by atoms with Gasteiger partial charge in [-0.3, -0.25) is 4.79 Å². The Balaban J connectivity index is 3.07. The van der Waals surface area contributed by atoms with E-state index in [1.807, 2.05) is 0 Å². The molecule has 3 nitrogen and oxygen atoms in total. The van der Waals surface area contributed by atoms with E-state index in [1.165, 1.54) is 77.0 Å². The second-order valence-corrected chi connectivity index (χ2v) is 6.39. The molecule has 0 fully saturated rings. The van der Waals surface area contributed by atoms with Crippen molar-refractivity contribution in [2.45, 2.75) is 109 Å². The summed E-state index contributed by atoms with van der Waals surface area (Å²) in [6, 6.07) is -0.157. The molecule has 0 heterocycles. The molecule has 0 aliphatic rings. The third-order valence-electron chi connectivity index (χ3n) is 4.12. The van der Waals surface area contributed by atoms with Gasteiger partial charge in [0.05, 0.1) is 6.42 Å². The topological polar surface area (TPSA) is 63.3 Å². The number of hydrogen-bond acceptors (Lipinski definition) is 2. The van der Waals surface area contributed by atoms with Crippen LogP contribution < -0.4 is 5.73 Å². The van der Waals surface area contributed by atoms with E-state index in [1.54, 1.807) is 0 Å². The zero-order valence-corrected chi connectivity index (χ0v) is 14.1. The minimum atomic E-state index is -0.780. The molecule has 0 unspecified atom stereocenters. The van der Waals surface area contributed by atoms with Crippen LogP contribution in [0.3, 0.4) is 0 Å². The smallest absolute Gasteiger partial charge is 0.304 e. The minimum absolute atomic E-state index is 0.109. The first-order chi connectivity index (χ1) is 10.2. The van der Waals surface area contributed by atoms with Crippen LogP contribution in [0.15, 0.2) is 0 Å². The predicted octanol–water partition coefficient (Wildman–Crippen LogP) is 5.27. The number of nitrogens with two attached hydrogens (primary N) is 1. The van der Waals surface area contributed by atoms with Gasteiger partial charge in [-0.15, -0.1) is 0 Å². The zero-order chi connectivity index (χ0) is 15.8. The first kappa shape index (κ1) is 20.4. The van der Waals surface area contributed by atoms with Crippen molar-refractivity contribution < 1.29 is 9.90 Å². The van der Waals surface area contributed by atoms with Crippen LogP contribution in [0.1, 0.15) is 103 Å². The number of aliphatic carboxylic acids is 1. The van der Waals surface area contributed by atoms with Gasteiger partial charge in [-0.2, -0.15) is 0 Å². The summed E-state index contributed by atoms with van der Waals surface area (Å²) < 4.78 is 0. The number of unbranched alkanes of at least 4 members (excludes halogenated alkanes) is 12. The van der Waals surface area contributed by atoms with Gasteiger partial charge in [0.25, 0.3) is 0 Å². The summed E-state index contributed by atoms with van der Waals surface area (Å²) in [5.41, 5.74) is 5.73. The summed E-state index contributed by atoms with van der Waals surface area (Å²) >= 11 is 0. The molecule has 3 N–H and O–H groups in total. The van der Waals surface area contributed by atoms with Crippen molar-refractivity contribution in [3.05, 3.63) is 0 Å². The van der Waals surface area contributed by atoms with Crippen LogP contribution in [0.5, 0.6) is 0 Å². The molecule has 0 aliphatic carbocycles. The predicted molar refractivity (Wildman–Crippen MR) is 90.5 cm³/mol. The normalized spacial score (nSPS) is 12.5. The van der Waals surface area contributed by atoms with Crippen molar-refractivity contribution in [3.8, 4) is 0 Å². The van der Waals surface area contributed by atoms with Gasteiger partial charge in [0.15, 0.2) is 0 Å². The van der Waals surface area contributed by atoms with Gasteiger partial charge in [0, 0.05) is 6.04 Å². The molecule has 0 aromatic carbocycles. The van der Waals surface area contributed by atoms with E-state index >= 15 is 0 Å². The highest BCUT2D eigenvalue weighted by molar-refractivity contribution is 5.67. The Morgan fingerprint density at radius 3 is 1.57 bits per heavy atom. The van der Waals surface area contributed by atoms with Crippen LogP contribution in [0.25, 0.3) is 0 Å². The highest BCUT2D eigenvalue weighted by Crippen LogP contribution is 2.13. The van der Waals surface area contributed by atoms with Gasteiger partial charge in [-0.25, -0.2) is 0 Å². The van der Waals surface area contributed by atoms with Crippen molar-refractivity contribution in [2.75, 3.05) is 0 Å². The monoisotopic (exact) mass is 299 g/mol. The molecule has 0 radical (unpaired) electrons. The Bertz CT molecular complexity index is 231. The Kier molecular flexibility index (Phi) is 15.4. The molecule has 0 rings (SSSR count). The minimum Gasteiger partial charge on any atom is -0.481 e. The van der Waals surface area contributed by atoms with E-state index in [9.17, 15) is 4.79 Å². The van der Waals surface area contributed by atoms with Crippen LogP contribution in [-0.2, 0) is 4.79 Å². The van der Waals surface area contributed by atoms with Crippen molar-refractivity contribution in [3.63, 3.8) is 0 Å². The Labute approximate surface area is 131 Å². The van der Waals surface area contributed by atoms with Crippen LogP contribution in [0, 0.1) is 0 Å². The largest absolute Gasteiger partial charge is 0.481 e. The summed E-state index contributed by atoms with van der Waals surface area (Å²) in [6.07, 6.45) is 18.4. The van der Waals surface area contributed by atoms with E-state index < -0.39 is 5.97 Å². The fraction of sp³-hybridized carbons (Fsp3) is 0.944. The number of hydrogen-bond donors (Lipinski definition) is 2. The Morgan fingerprint density at radius 2 is 1.19 bits per heavy atom. The molecule has 126 valence electrons. The third kappa shape index (κ3) is 17.4. The fourth-order valence-electron chi connectivity index (χ4n) is 2.75. The molecule has 0 saturated carbocycles. The number of carbonyl (C=O) groups is 1. The first-order valence-corrected chi connectivity index (χ1v) is 9.14. The highest BCUT2D eigenvalue weighted by Gasteiger charge is 2.06. The molecule has 0 saturated heterocycles. The summed E-state index contributed by atoms with van der Waals surface area (Å²) in [7, 11) is 0. The molecule has 0 amide bonds. The van der Waals surface area contributed by atoms with Crippen LogP contribution >= 0.6 is 0 Å². The maximum Gasteiger partial charge on any atom is 0.304 e. The van der Waals surface area contributed by atoms with E-state index in [4.69, 9.17) is 10.8 Å². The van der Waals surface area contributed by atoms with E-state index in [0.29, 0.717) is 0 Å². The molecule has 0 spiro atoms. The summed E-state index contributed by atoms with van der Waals surface area (Å²) in [5.74, 6) is -0.780. The lowest BCUT2D eigenvalue weighted by atomic mass is 10.0. The average Bonchev–Trinajstić information content (AvgIpc) is 2.43. The van der Waals surface area contributed by atoms with Crippen molar-refractivity contribution in [1.82, 2.24) is 0 Å². The SMILES string of the molecule is CCCCCCCCCCCCCCC[C@@H](N)CC(=O)O. The van der Waals surface area contributed by atoms with Crippen LogP contribution in [0.4, 0.5) is 0 Å². The maximum atomic E-state index is 10.5. The standard InChI is InChI=1S/C18H37NO2/c1-2-3-4-5-6-7-8-9-10-11-12-13-14-15-17(19)16-18(20)21/h17H,2-16,19H2,1H3,(H,20,21)/t17-/m1/s1. The van der Waals surface area contributed by atoms with Gasteiger partial charge in [0.1, 0.15) is 0 Å². The second kappa shape index (κ2) is 15.8. The lowest BCUT2D eigenvalue weighted by Gasteiger charge is -2.08. The van der Waals surface area contributed by atoms with E-state index in [2.05, 4.69) is 6.92 Å². The van der Waals surface area contributed by atoms with Gasteiger partial charge in [-0.1, -0.05) is 90.4 Å². The van der Waals surface area contributed by atoms with Gasteiger partial charge in [0.2, 0.25) is 0 Å². The van der Waals surface area contributed by atoms with Gasteiger partial charge < -0.3 is 10.8 Å². The summed E-state index contributed by atoms with van der Waals surface area (Å²) in [4.78, 5) is 10.5. The highest BCUT2D eigenvalue weighted by atomic mass is 16.4. The molecule has 0 bridgehead atoms. The average molecular weight is 299 g/mol. The summed E-state index contributed by atoms with van der Waals surface area (Å²) in [6.45, 7) is 2.26.